The molecule has 1 aromatic heterocycles. The van der Waals surface area contributed by atoms with E-state index in [-0.39, 0.29) is 11.6 Å². The van der Waals surface area contributed by atoms with Gasteiger partial charge in [-0.1, -0.05) is 0 Å². The van der Waals surface area contributed by atoms with Crippen molar-refractivity contribution in [1.82, 2.24) is 20.2 Å². The van der Waals surface area contributed by atoms with Gasteiger partial charge >= 0.3 is 6.18 Å². The Kier molecular flexibility index (Phi) is 5.16. The zero-order chi connectivity index (χ0) is 15.6. The number of hydrogen-bond acceptors (Lipinski definition) is 4. The Balaban J connectivity index is 2.94. The number of rotatable bonds is 6. The monoisotopic (exact) mass is 314 g/mol. The summed E-state index contributed by atoms with van der Waals surface area (Å²) in [7, 11) is -2.47. The Morgan fingerprint density at radius 3 is 2.50 bits per heavy atom. The molecule has 116 valence electrons. The van der Waals surface area contributed by atoms with Gasteiger partial charge in [-0.3, -0.25) is 5.10 Å². The molecule has 1 rings (SSSR count). The maximum absolute atomic E-state index is 12.2. The molecule has 0 saturated carbocycles. The summed E-state index contributed by atoms with van der Waals surface area (Å²) in [5, 5.41) is 8.68. The van der Waals surface area contributed by atoms with E-state index in [0.717, 1.165) is 6.92 Å². The van der Waals surface area contributed by atoms with E-state index in [9.17, 15) is 21.6 Å². The topological polar surface area (TPSA) is 86.9 Å². The molecule has 1 heterocycles. The van der Waals surface area contributed by atoms with Crippen LogP contribution < -0.4 is 10.0 Å². The molecule has 0 aliphatic carbocycles. The standard InChI is InChI=1S/C10H17F3N4O2S/c1-6(4-10(11,12)13)17-20(18,19)9-8(5-14-3)7(2)15-16-9/h6,14,17H,4-5H2,1-3H3,(H,15,16). The molecule has 10 heteroatoms. The third-order valence-corrected chi connectivity index (χ3v) is 4.10. The van der Waals surface area contributed by atoms with Crippen LogP contribution in [0.2, 0.25) is 0 Å². The average molecular weight is 314 g/mol. The van der Waals surface area contributed by atoms with Gasteiger partial charge in [0.25, 0.3) is 10.0 Å². The molecule has 0 bridgehead atoms. The zero-order valence-corrected chi connectivity index (χ0v) is 12.1. The minimum atomic E-state index is -4.43. The number of nitrogens with one attached hydrogen (secondary N) is 3. The summed E-state index contributed by atoms with van der Waals surface area (Å²) in [6.07, 6.45) is -5.67. The fourth-order valence-electron chi connectivity index (χ4n) is 1.75. The van der Waals surface area contributed by atoms with Gasteiger partial charge in [0, 0.05) is 23.8 Å². The molecule has 1 unspecified atom stereocenters. The van der Waals surface area contributed by atoms with E-state index >= 15 is 0 Å². The zero-order valence-electron chi connectivity index (χ0n) is 11.3. The van der Waals surface area contributed by atoms with Gasteiger partial charge in [0.1, 0.15) is 0 Å². The Hall–Kier alpha value is -1.13. The van der Waals surface area contributed by atoms with E-state index in [1.807, 2.05) is 4.72 Å². The number of H-pyrrole nitrogens is 1. The van der Waals surface area contributed by atoms with Crippen LogP contribution in [0.4, 0.5) is 13.2 Å². The van der Waals surface area contributed by atoms with Crippen molar-refractivity contribution in [1.29, 1.82) is 0 Å². The summed E-state index contributed by atoms with van der Waals surface area (Å²) >= 11 is 0. The molecule has 20 heavy (non-hydrogen) atoms. The number of aromatic amines is 1. The van der Waals surface area contributed by atoms with Gasteiger partial charge < -0.3 is 5.32 Å². The van der Waals surface area contributed by atoms with Crippen LogP contribution in [0.25, 0.3) is 0 Å². The number of aromatic nitrogens is 2. The number of aryl methyl sites for hydroxylation is 1. The molecule has 0 aliphatic heterocycles. The van der Waals surface area contributed by atoms with Crippen LogP contribution in [0.1, 0.15) is 24.6 Å². The fraction of sp³-hybridized carbons (Fsp3) is 0.700. The molecule has 0 aliphatic rings. The quantitative estimate of drug-likeness (QED) is 0.733. The molecule has 0 amide bonds. The van der Waals surface area contributed by atoms with Crippen molar-refractivity contribution in [2.45, 2.75) is 44.1 Å². The Labute approximate surface area is 115 Å². The SMILES string of the molecule is CNCc1c(S(=O)(=O)NC(C)CC(F)(F)F)n[nH]c1C. The summed E-state index contributed by atoms with van der Waals surface area (Å²) in [4.78, 5) is 0. The van der Waals surface area contributed by atoms with Crippen LogP contribution in [0.15, 0.2) is 5.03 Å². The summed E-state index contributed by atoms with van der Waals surface area (Å²) in [5.74, 6) is 0. The van der Waals surface area contributed by atoms with Gasteiger partial charge in [-0.2, -0.15) is 18.3 Å². The first-order valence-corrected chi connectivity index (χ1v) is 7.32. The van der Waals surface area contributed by atoms with E-state index < -0.39 is 28.7 Å². The van der Waals surface area contributed by atoms with Crippen molar-refractivity contribution in [3.63, 3.8) is 0 Å². The number of hydrogen-bond donors (Lipinski definition) is 3. The number of halogens is 3. The van der Waals surface area contributed by atoms with Crippen LogP contribution >= 0.6 is 0 Å². The molecule has 3 N–H and O–H groups in total. The minimum Gasteiger partial charge on any atom is -0.316 e. The first-order valence-electron chi connectivity index (χ1n) is 5.84. The van der Waals surface area contributed by atoms with Crippen molar-refractivity contribution in [3.05, 3.63) is 11.3 Å². The molecule has 6 nitrogen and oxygen atoms in total. The van der Waals surface area contributed by atoms with E-state index in [1.165, 1.54) is 0 Å². The molecule has 0 radical (unpaired) electrons. The predicted molar refractivity (Wildman–Crippen MR) is 66.5 cm³/mol. The smallest absolute Gasteiger partial charge is 0.316 e. The molecule has 0 saturated heterocycles. The van der Waals surface area contributed by atoms with Gasteiger partial charge in [0.15, 0.2) is 5.03 Å². The molecule has 1 aromatic rings. The molecule has 0 spiro atoms. The van der Waals surface area contributed by atoms with E-state index in [1.54, 1.807) is 14.0 Å². The largest absolute Gasteiger partial charge is 0.390 e. The van der Waals surface area contributed by atoms with Gasteiger partial charge in [-0.05, 0) is 20.9 Å². The second-order valence-corrected chi connectivity index (χ2v) is 6.13. The lowest BCUT2D eigenvalue weighted by atomic mass is 10.2. The lowest BCUT2D eigenvalue weighted by Crippen LogP contribution is -2.36. The normalized spacial score (nSPS) is 14.5. The molecular formula is C10H17F3N4O2S. The van der Waals surface area contributed by atoms with E-state index in [4.69, 9.17) is 0 Å². The fourth-order valence-corrected chi connectivity index (χ4v) is 3.19. The highest BCUT2D eigenvalue weighted by Gasteiger charge is 2.33. The predicted octanol–water partition coefficient (Wildman–Crippen LogP) is 1.06. The second kappa shape index (κ2) is 6.10. The van der Waals surface area contributed by atoms with Crippen LogP contribution in [0.3, 0.4) is 0 Å². The molecule has 0 fully saturated rings. The van der Waals surface area contributed by atoms with Crippen molar-refractivity contribution in [2.24, 2.45) is 0 Å². The first-order chi connectivity index (χ1) is 9.07. The second-order valence-electron chi connectivity index (χ2n) is 4.50. The summed E-state index contributed by atoms with van der Waals surface area (Å²) in [6, 6.07) is -1.26. The van der Waals surface area contributed by atoms with Gasteiger partial charge in [0.05, 0.1) is 6.42 Å². The summed E-state index contributed by atoms with van der Waals surface area (Å²) < 4.78 is 62.7. The van der Waals surface area contributed by atoms with Crippen LogP contribution in [0.5, 0.6) is 0 Å². The number of sulfonamides is 1. The Bertz CT molecular complexity index is 553. The number of nitrogens with zero attached hydrogens (tertiary/aromatic N) is 1. The lowest BCUT2D eigenvalue weighted by molar-refractivity contribution is -0.137. The summed E-state index contributed by atoms with van der Waals surface area (Å²) in [5.41, 5.74) is 0.947. The average Bonchev–Trinajstić information content (AvgIpc) is 2.57. The molecule has 1 atom stereocenters. The highest BCUT2D eigenvalue weighted by molar-refractivity contribution is 7.89. The lowest BCUT2D eigenvalue weighted by Gasteiger charge is -2.15. The maximum Gasteiger partial charge on any atom is 0.390 e. The third kappa shape index (κ3) is 4.46. The first kappa shape index (κ1) is 16.9. The van der Waals surface area contributed by atoms with Crippen LogP contribution in [0, 0.1) is 6.92 Å². The van der Waals surface area contributed by atoms with Gasteiger partial charge in [-0.15, -0.1) is 0 Å². The highest BCUT2D eigenvalue weighted by Crippen LogP contribution is 2.23. The molecule has 0 aromatic carbocycles. The van der Waals surface area contributed by atoms with E-state index in [0.29, 0.717) is 11.3 Å². The van der Waals surface area contributed by atoms with Crippen molar-refractivity contribution in [3.8, 4) is 0 Å². The maximum atomic E-state index is 12.2. The van der Waals surface area contributed by atoms with Crippen molar-refractivity contribution in [2.75, 3.05) is 7.05 Å². The Morgan fingerprint density at radius 2 is 2.00 bits per heavy atom. The minimum absolute atomic E-state index is 0.242. The Morgan fingerprint density at radius 1 is 1.40 bits per heavy atom. The van der Waals surface area contributed by atoms with Crippen molar-refractivity contribution >= 4 is 10.0 Å². The van der Waals surface area contributed by atoms with Gasteiger partial charge in [-0.25, -0.2) is 13.1 Å². The summed E-state index contributed by atoms with van der Waals surface area (Å²) in [6.45, 7) is 3.03. The number of alkyl halides is 3. The van der Waals surface area contributed by atoms with Gasteiger partial charge in [0.2, 0.25) is 0 Å². The van der Waals surface area contributed by atoms with Crippen molar-refractivity contribution < 1.29 is 21.6 Å². The third-order valence-electron chi connectivity index (χ3n) is 2.54. The van der Waals surface area contributed by atoms with Crippen LogP contribution in [-0.4, -0.2) is 37.9 Å². The molecular weight excluding hydrogens is 297 g/mol. The van der Waals surface area contributed by atoms with E-state index in [2.05, 4.69) is 15.5 Å². The highest BCUT2D eigenvalue weighted by atomic mass is 32.2. The van der Waals surface area contributed by atoms with Crippen LogP contribution in [-0.2, 0) is 16.6 Å².